The highest BCUT2D eigenvalue weighted by atomic mass is 32.1. The van der Waals surface area contributed by atoms with Gasteiger partial charge in [-0.25, -0.2) is 9.50 Å². The van der Waals surface area contributed by atoms with Crippen LogP contribution in [0.5, 0.6) is 5.19 Å². The maximum atomic E-state index is 5.11. The number of rotatable bonds is 3. The van der Waals surface area contributed by atoms with Gasteiger partial charge >= 0.3 is 0 Å². The summed E-state index contributed by atoms with van der Waals surface area (Å²) in [5.41, 5.74) is 2.18. The zero-order valence-corrected chi connectivity index (χ0v) is 12.8. The van der Waals surface area contributed by atoms with Gasteiger partial charge in [-0.15, -0.1) is 16.4 Å². The summed E-state index contributed by atoms with van der Waals surface area (Å²) in [5.74, 6) is 0. The van der Waals surface area contributed by atoms with Gasteiger partial charge in [-0.05, 0) is 29.0 Å². The fraction of sp³-hybridized carbons (Fsp3) is 0.0667. The zero-order valence-electron chi connectivity index (χ0n) is 11.2. The molecule has 0 aliphatic rings. The first-order valence-corrected chi connectivity index (χ1v) is 8.02. The van der Waals surface area contributed by atoms with E-state index in [1.54, 1.807) is 23.0 Å². The van der Waals surface area contributed by atoms with E-state index < -0.39 is 0 Å². The number of aromatic nitrogens is 3. The molecule has 21 heavy (non-hydrogen) atoms. The summed E-state index contributed by atoms with van der Waals surface area (Å²) in [6.45, 7) is 0. The number of thiophene rings is 1. The summed E-state index contributed by atoms with van der Waals surface area (Å²) >= 11 is 3.18. The molecule has 3 heterocycles. The summed E-state index contributed by atoms with van der Waals surface area (Å²) in [7, 11) is 1.62. The lowest BCUT2D eigenvalue weighted by Crippen LogP contribution is -1.83. The molecule has 3 aromatic heterocycles. The van der Waals surface area contributed by atoms with E-state index in [0.29, 0.717) is 5.19 Å². The molecular weight excluding hydrogens is 302 g/mol. The van der Waals surface area contributed by atoms with E-state index in [-0.39, 0.29) is 0 Å². The molecule has 0 bridgehead atoms. The molecule has 1 aromatic carbocycles. The minimum Gasteiger partial charge on any atom is -0.472 e. The molecule has 4 aromatic rings. The summed E-state index contributed by atoms with van der Waals surface area (Å²) in [6, 6.07) is 14.6. The molecule has 0 aliphatic carbocycles. The number of hydrogen-bond donors (Lipinski definition) is 0. The molecule has 0 aliphatic heterocycles. The third kappa shape index (κ3) is 2.22. The molecule has 0 unspecified atom stereocenters. The Bertz CT molecular complexity index is 861. The molecule has 0 atom stereocenters. The molecule has 0 saturated heterocycles. The normalized spacial score (nSPS) is 11.1. The summed E-state index contributed by atoms with van der Waals surface area (Å²) in [6.07, 6.45) is 1.94. The quantitative estimate of drug-likeness (QED) is 0.569. The molecule has 0 radical (unpaired) electrons. The van der Waals surface area contributed by atoms with Gasteiger partial charge in [0.2, 0.25) is 4.96 Å². The number of benzene rings is 1. The minimum absolute atomic E-state index is 0.625. The van der Waals surface area contributed by atoms with E-state index in [9.17, 15) is 0 Å². The third-order valence-electron chi connectivity index (χ3n) is 3.12. The summed E-state index contributed by atoms with van der Waals surface area (Å²) < 4.78 is 6.88. The van der Waals surface area contributed by atoms with Gasteiger partial charge in [0, 0.05) is 4.88 Å². The molecule has 0 amide bonds. The molecule has 0 saturated carbocycles. The first kappa shape index (κ1) is 12.6. The van der Waals surface area contributed by atoms with Crippen molar-refractivity contribution < 1.29 is 4.74 Å². The molecule has 4 rings (SSSR count). The Kier molecular flexibility index (Phi) is 2.98. The van der Waals surface area contributed by atoms with Crippen LogP contribution in [0.2, 0.25) is 0 Å². The predicted octanol–water partition coefficient (Wildman–Crippen LogP) is 4.19. The number of methoxy groups -OCH3 is 1. The van der Waals surface area contributed by atoms with Crippen LogP contribution in [-0.4, -0.2) is 21.7 Å². The Hall–Kier alpha value is -2.18. The highest BCUT2D eigenvalue weighted by Crippen LogP contribution is 2.34. The number of imidazole rings is 1. The number of hydrogen-bond acceptors (Lipinski definition) is 5. The fourth-order valence-corrected chi connectivity index (χ4v) is 3.78. The van der Waals surface area contributed by atoms with Gasteiger partial charge in [-0.3, -0.25) is 0 Å². The molecule has 104 valence electrons. The van der Waals surface area contributed by atoms with Crippen LogP contribution in [-0.2, 0) is 0 Å². The van der Waals surface area contributed by atoms with E-state index in [2.05, 4.69) is 46.5 Å². The molecule has 0 spiro atoms. The lowest BCUT2D eigenvalue weighted by molar-refractivity contribution is 0.405. The zero-order chi connectivity index (χ0) is 14.2. The van der Waals surface area contributed by atoms with Gasteiger partial charge in [-0.1, -0.05) is 30.3 Å². The van der Waals surface area contributed by atoms with E-state index in [0.717, 1.165) is 15.5 Å². The van der Waals surface area contributed by atoms with Crippen molar-refractivity contribution in [3.8, 4) is 26.2 Å². The van der Waals surface area contributed by atoms with E-state index in [1.807, 2.05) is 12.3 Å². The van der Waals surface area contributed by atoms with Crippen molar-refractivity contribution in [3.05, 3.63) is 48.7 Å². The smallest absolute Gasteiger partial charge is 0.294 e. The van der Waals surface area contributed by atoms with Crippen molar-refractivity contribution in [2.75, 3.05) is 7.11 Å². The van der Waals surface area contributed by atoms with Crippen LogP contribution in [0.4, 0.5) is 0 Å². The monoisotopic (exact) mass is 313 g/mol. The second-order valence-electron chi connectivity index (χ2n) is 4.46. The van der Waals surface area contributed by atoms with E-state index in [4.69, 9.17) is 4.74 Å². The van der Waals surface area contributed by atoms with Crippen molar-refractivity contribution in [2.45, 2.75) is 0 Å². The SMILES string of the molecule is COc1nn2cc(-c3ccc(-c4ccccc4)s3)nc2s1. The van der Waals surface area contributed by atoms with Gasteiger partial charge in [0.25, 0.3) is 5.19 Å². The van der Waals surface area contributed by atoms with Crippen LogP contribution in [0, 0.1) is 0 Å². The van der Waals surface area contributed by atoms with Gasteiger partial charge in [0.1, 0.15) is 5.69 Å². The Morgan fingerprint density at radius 1 is 1.00 bits per heavy atom. The van der Waals surface area contributed by atoms with E-state index >= 15 is 0 Å². The fourth-order valence-electron chi connectivity index (χ4n) is 2.12. The van der Waals surface area contributed by atoms with Gasteiger partial charge < -0.3 is 4.74 Å². The van der Waals surface area contributed by atoms with Crippen LogP contribution in [0.15, 0.2) is 48.7 Å². The highest BCUT2D eigenvalue weighted by molar-refractivity contribution is 7.19. The first-order chi connectivity index (χ1) is 10.3. The van der Waals surface area contributed by atoms with Crippen molar-refractivity contribution >= 4 is 27.6 Å². The van der Waals surface area contributed by atoms with Gasteiger partial charge in [0.05, 0.1) is 18.2 Å². The third-order valence-corrected chi connectivity index (χ3v) is 5.16. The highest BCUT2D eigenvalue weighted by Gasteiger charge is 2.12. The average molecular weight is 313 g/mol. The second kappa shape index (κ2) is 4.98. The molecule has 4 nitrogen and oxygen atoms in total. The lowest BCUT2D eigenvalue weighted by Gasteiger charge is -1.94. The lowest BCUT2D eigenvalue weighted by atomic mass is 10.2. The molecule has 0 fully saturated rings. The Balaban J connectivity index is 1.72. The van der Waals surface area contributed by atoms with Crippen molar-refractivity contribution in [2.24, 2.45) is 0 Å². The number of nitrogens with zero attached hydrogens (tertiary/aromatic N) is 3. The van der Waals surface area contributed by atoms with Crippen molar-refractivity contribution in [1.82, 2.24) is 14.6 Å². The maximum absolute atomic E-state index is 5.11. The van der Waals surface area contributed by atoms with Crippen LogP contribution < -0.4 is 4.74 Å². The molecule has 6 heteroatoms. The Labute approximate surface area is 129 Å². The van der Waals surface area contributed by atoms with Gasteiger partial charge in [-0.2, -0.15) is 0 Å². The summed E-state index contributed by atoms with van der Waals surface area (Å²) in [4.78, 5) is 7.84. The maximum Gasteiger partial charge on any atom is 0.294 e. The van der Waals surface area contributed by atoms with Crippen LogP contribution in [0.25, 0.3) is 26.0 Å². The van der Waals surface area contributed by atoms with Crippen molar-refractivity contribution in [1.29, 1.82) is 0 Å². The van der Waals surface area contributed by atoms with Crippen LogP contribution >= 0.6 is 22.7 Å². The minimum atomic E-state index is 0.625. The number of ether oxygens (including phenoxy) is 1. The standard InChI is InChI=1S/C15H11N3OS2/c1-19-15-17-18-9-11(16-14(18)21-15)13-8-7-12(20-13)10-5-3-2-4-6-10/h2-9H,1H3. The van der Waals surface area contributed by atoms with Crippen molar-refractivity contribution in [3.63, 3.8) is 0 Å². The molecule has 0 N–H and O–H groups in total. The first-order valence-electron chi connectivity index (χ1n) is 6.39. The molecular formula is C15H11N3OS2. The number of fused-ring (bicyclic) bond motifs is 1. The largest absolute Gasteiger partial charge is 0.472 e. The second-order valence-corrected chi connectivity index (χ2v) is 6.46. The van der Waals surface area contributed by atoms with Crippen LogP contribution in [0.1, 0.15) is 0 Å². The average Bonchev–Trinajstić information content (AvgIpc) is 3.21. The predicted molar refractivity (Wildman–Crippen MR) is 86.2 cm³/mol. The van der Waals surface area contributed by atoms with Crippen LogP contribution in [0.3, 0.4) is 0 Å². The summed E-state index contributed by atoms with van der Waals surface area (Å²) in [5, 5.41) is 4.92. The Morgan fingerprint density at radius 2 is 1.81 bits per heavy atom. The Morgan fingerprint density at radius 3 is 2.57 bits per heavy atom. The van der Waals surface area contributed by atoms with E-state index in [1.165, 1.54) is 21.8 Å². The van der Waals surface area contributed by atoms with Gasteiger partial charge in [0.15, 0.2) is 0 Å². The topological polar surface area (TPSA) is 39.4 Å².